The summed E-state index contributed by atoms with van der Waals surface area (Å²) in [4.78, 5) is 36.0. The molecule has 5 N–H and O–H groups in total. The van der Waals surface area contributed by atoms with Crippen LogP contribution in [0.4, 0.5) is 11.4 Å². The molecule has 0 aliphatic rings. The predicted octanol–water partition coefficient (Wildman–Crippen LogP) is 3.88. The lowest BCUT2D eigenvalue weighted by Gasteiger charge is -2.15. The normalized spacial score (nSPS) is 10.1. The van der Waals surface area contributed by atoms with E-state index in [1.165, 1.54) is 31.2 Å². The molecule has 0 saturated carbocycles. The van der Waals surface area contributed by atoms with E-state index in [-0.39, 0.29) is 34.0 Å². The molecule has 0 spiro atoms. The molecule has 0 aromatic heterocycles. The quantitative estimate of drug-likeness (QED) is 0.234. The smallest absolute Gasteiger partial charge is 0.337 e. The first-order chi connectivity index (χ1) is 16.1. The van der Waals surface area contributed by atoms with E-state index >= 15 is 0 Å². The van der Waals surface area contributed by atoms with E-state index in [1.807, 2.05) is 6.07 Å². The third kappa shape index (κ3) is 5.06. The number of thiol groups is 1. The van der Waals surface area contributed by atoms with E-state index in [0.29, 0.717) is 21.7 Å². The SMILES string of the molecule is CC(=O)Nc1ccccc1-c1cc(O)c(C(=N)C(=O)Nc2ccc(C#N)cc2C(=O)O)cc1S. The number of carbonyl (C=O) groups excluding carboxylic acids is 2. The third-order valence-corrected chi connectivity index (χ3v) is 5.14. The Morgan fingerprint density at radius 1 is 0.971 bits per heavy atom. The van der Waals surface area contributed by atoms with Crippen molar-refractivity contribution < 1.29 is 24.6 Å². The average molecular weight is 474 g/mol. The van der Waals surface area contributed by atoms with Gasteiger partial charge in [-0.15, -0.1) is 12.6 Å². The molecular formula is C24H18N4O5S. The summed E-state index contributed by atoms with van der Waals surface area (Å²) in [5.41, 5.74) is 0.442. The number of benzene rings is 3. The number of aromatic carboxylic acids is 1. The Labute approximate surface area is 199 Å². The maximum absolute atomic E-state index is 12.7. The van der Waals surface area contributed by atoms with E-state index < -0.39 is 17.6 Å². The number of nitriles is 1. The van der Waals surface area contributed by atoms with Crippen LogP contribution in [0.3, 0.4) is 0 Å². The number of anilines is 2. The van der Waals surface area contributed by atoms with Crippen molar-refractivity contribution in [3.63, 3.8) is 0 Å². The van der Waals surface area contributed by atoms with Gasteiger partial charge in [0.1, 0.15) is 11.5 Å². The van der Waals surface area contributed by atoms with Gasteiger partial charge in [0.2, 0.25) is 5.91 Å². The van der Waals surface area contributed by atoms with Crippen LogP contribution in [0.2, 0.25) is 0 Å². The molecule has 3 rings (SSSR count). The molecule has 34 heavy (non-hydrogen) atoms. The lowest BCUT2D eigenvalue weighted by Crippen LogP contribution is -2.24. The third-order valence-electron chi connectivity index (χ3n) is 4.77. The summed E-state index contributed by atoms with van der Waals surface area (Å²) in [7, 11) is 0. The standard InChI is InChI=1S/C24H18N4O5S/c1-12(29)27-18-5-3-2-4-14(18)15-9-20(30)17(10-21(15)34)22(26)23(31)28-19-7-6-13(11-25)8-16(19)24(32)33/h2-10,26,30,34H,1H3,(H,27,29)(H,28,31)(H,32,33). The highest BCUT2D eigenvalue weighted by Crippen LogP contribution is 2.37. The van der Waals surface area contributed by atoms with Gasteiger partial charge in [-0.05, 0) is 36.4 Å². The number of phenols is 1. The van der Waals surface area contributed by atoms with E-state index in [2.05, 4.69) is 23.3 Å². The molecule has 3 aromatic carbocycles. The van der Waals surface area contributed by atoms with E-state index in [1.54, 1.807) is 24.3 Å². The van der Waals surface area contributed by atoms with Crippen molar-refractivity contribution in [2.75, 3.05) is 10.6 Å². The highest BCUT2D eigenvalue weighted by atomic mass is 32.1. The van der Waals surface area contributed by atoms with Crippen LogP contribution in [0.15, 0.2) is 59.5 Å². The number of phenolic OH excluding ortho intramolecular Hbond substituents is 1. The highest BCUT2D eigenvalue weighted by molar-refractivity contribution is 7.80. The van der Waals surface area contributed by atoms with Crippen molar-refractivity contribution in [2.45, 2.75) is 11.8 Å². The topological polar surface area (TPSA) is 163 Å². The second-order valence-electron chi connectivity index (χ2n) is 7.12. The van der Waals surface area contributed by atoms with Crippen LogP contribution < -0.4 is 10.6 Å². The highest BCUT2D eigenvalue weighted by Gasteiger charge is 2.21. The van der Waals surface area contributed by atoms with Crippen LogP contribution >= 0.6 is 12.6 Å². The first-order valence-corrected chi connectivity index (χ1v) is 10.2. The van der Waals surface area contributed by atoms with Crippen molar-refractivity contribution in [2.24, 2.45) is 0 Å². The number of amides is 2. The minimum atomic E-state index is -1.36. The summed E-state index contributed by atoms with van der Waals surface area (Å²) in [6.07, 6.45) is 0. The van der Waals surface area contributed by atoms with Crippen LogP contribution in [-0.4, -0.2) is 33.7 Å². The second-order valence-corrected chi connectivity index (χ2v) is 7.60. The molecular weight excluding hydrogens is 456 g/mol. The number of nitrogens with one attached hydrogen (secondary N) is 3. The van der Waals surface area contributed by atoms with E-state index in [4.69, 9.17) is 10.7 Å². The van der Waals surface area contributed by atoms with Crippen molar-refractivity contribution >= 4 is 47.5 Å². The lowest BCUT2D eigenvalue weighted by atomic mass is 9.99. The monoisotopic (exact) mass is 474 g/mol. The molecule has 2 amide bonds. The van der Waals surface area contributed by atoms with Gasteiger partial charge in [-0.25, -0.2) is 4.79 Å². The minimum Gasteiger partial charge on any atom is -0.507 e. The molecule has 0 bridgehead atoms. The number of carbonyl (C=O) groups is 3. The molecule has 3 aromatic rings. The summed E-state index contributed by atoms with van der Waals surface area (Å²) >= 11 is 4.43. The van der Waals surface area contributed by atoms with Gasteiger partial charge >= 0.3 is 5.97 Å². The first kappa shape index (κ1) is 24.0. The molecule has 170 valence electrons. The number of rotatable bonds is 6. The minimum absolute atomic E-state index is 0.0953. The Kier molecular flexibility index (Phi) is 6.99. The van der Waals surface area contributed by atoms with Gasteiger partial charge in [0.15, 0.2) is 0 Å². The van der Waals surface area contributed by atoms with Crippen LogP contribution in [0.25, 0.3) is 11.1 Å². The zero-order chi connectivity index (χ0) is 25.0. The van der Waals surface area contributed by atoms with Gasteiger partial charge in [0.05, 0.1) is 22.9 Å². The molecule has 0 heterocycles. The second kappa shape index (κ2) is 9.89. The molecule has 10 heteroatoms. The number of para-hydroxylation sites is 1. The van der Waals surface area contributed by atoms with Gasteiger partial charge in [-0.3, -0.25) is 15.0 Å². The summed E-state index contributed by atoms with van der Waals surface area (Å²) in [5.74, 6) is -3.00. The van der Waals surface area contributed by atoms with Gasteiger partial charge < -0.3 is 20.8 Å². The lowest BCUT2D eigenvalue weighted by molar-refractivity contribution is -0.114. The van der Waals surface area contributed by atoms with E-state index in [0.717, 1.165) is 6.07 Å². The van der Waals surface area contributed by atoms with Gasteiger partial charge in [0, 0.05) is 34.2 Å². The molecule has 0 fully saturated rings. The fourth-order valence-corrected chi connectivity index (χ4v) is 3.53. The Balaban J connectivity index is 1.94. The summed E-state index contributed by atoms with van der Waals surface area (Å²) in [5, 5.41) is 42.1. The average Bonchev–Trinajstić information content (AvgIpc) is 2.80. The Morgan fingerprint density at radius 2 is 1.68 bits per heavy atom. The van der Waals surface area contributed by atoms with Crippen molar-refractivity contribution in [1.29, 1.82) is 10.7 Å². The zero-order valence-corrected chi connectivity index (χ0v) is 18.6. The first-order valence-electron chi connectivity index (χ1n) is 9.73. The maximum atomic E-state index is 12.7. The fraction of sp³-hybridized carbons (Fsp3) is 0.0417. The van der Waals surface area contributed by atoms with Gasteiger partial charge in [0.25, 0.3) is 5.91 Å². The molecule has 9 nitrogen and oxygen atoms in total. The molecule has 0 aliphatic heterocycles. The van der Waals surface area contributed by atoms with Crippen molar-refractivity contribution in [3.05, 3.63) is 71.3 Å². The Morgan fingerprint density at radius 3 is 2.32 bits per heavy atom. The zero-order valence-electron chi connectivity index (χ0n) is 17.7. The van der Waals surface area contributed by atoms with Crippen molar-refractivity contribution in [3.8, 4) is 22.9 Å². The van der Waals surface area contributed by atoms with Crippen molar-refractivity contribution in [1.82, 2.24) is 0 Å². The number of nitrogens with zero attached hydrogens (tertiary/aromatic N) is 1. The number of hydrogen-bond acceptors (Lipinski definition) is 7. The largest absolute Gasteiger partial charge is 0.507 e. The number of carboxylic acid groups (broad SMARTS) is 1. The summed E-state index contributed by atoms with van der Waals surface area (Å²) in [6.45, 7) is 1.36. The summed E-state index contributed by atoms with van der Waals surface area (Å²) < 4.78 is 0. The molecule has 0 saturated heterocycles. The summed E-state index contributed by atoms with van der Waals surface area (Å²) in [6, 6.07) is 15.0. The number of hydrogen-bond donors (Lipinski definition) is 6. The van der Waals surface area contributed by atoms with E-state index in [9.17, 15) is 24.6 Å². The number of aromatic hydroxyl groups is 1. The fourth-order valence-electron chi connectivity index (χ4n) is 3.22. The van der Waals surface area contributed by atoms with Gasteiger partial charge in [-0.1, -0.05) is 18.2 Å². The molecule has 0 unspecified atom stereocenters. The van der Waals surface area contributed by atoms with Crippen LogP contribution in [0, 0.1) is 16.7 Å². The molecule has 0 radical (unpaired) electrons. The van der Waals surface area contributed by atoms with Crippen LogP contribution in [0.5, 0.6) is 5.75 Å². The Hall–Kier alpha value is -4.62. The van der Waals surface area contributed by atoms with Crippen LogP contribution in [-0.2, 0) is 9.59 Å². The predicted molar refractivity (Wildman–Crippen MR) is 129 cm³/mol. The molecule has 0 aliphatic carbocycles. The van der Waals surface area contributed by atoms with Gasteiger partial charge in [-0.2, -0.15) is 5.26 Å². The number of carboxylic acids is 1. The molecule has 0 atom stereocenters. The maximum Gasteiger partial charge on any atom is 0.337 e. The van der Waals surface area contributed by atoms with Crippen LogP contribution in [0.1, 0.15) is 28.4 Å². The Bertz CT molecular complexity index is 1390.